The molecule has 0 aliphatic heterocycles. The maximum Gasteiger partial charge on any atom is 0.251 e. The second-order valence-electron chi connectivity index (χ2n) is 5.79. The van der Waals surface area contributed by atoms with Crippen molar-refractivity contribution in [1.82, 2.24) is 10.3 Å². The molecule has 0 radical (unpaired) electrons. The Kier molecular flexibility index (Phi) is 5.12. The Morgan fingerprint density at radius 3 is 2.33 bits per heavy atom. The van der Waals surface area contributed by atoms with E-state index in [9.17, 15) is 4.79 Å². The molecule has 0 saturated carbocycles. The van der Waals surface area contributed by atoms with Gasteiger partial charge in [0, 0.05) is 16.9 Å². The molecule has 0 bridgehead atoms. The van der Waals surface area contributed by atoms with Crippen molar-refractivity contribution in [3.63, 3.8) is 0 Å². The highest BCUT2D eigenvalue weighted by Gasteiger charge is 2.09. The van der Waals surface area contributed by atoms with Crippen molar-refractivity contribution < 1.29 is 4.79 Å². The molecule has 1 heterocycles. The fourth-order valence-electron chi connectivity index (χ4n) is 1.96. The van der Waals surface area contributed by atoms with Crippen LogP contribution in [-0.4, -0.2) is 10.9 Å². The molecule has 3 nitrogen and oxygen atoms in total. The van der Waals surface area contributed by atoms with Crippen LogP contribution in [0.15, 0.2) is 29.6 Å². The van der Waals surface area contributed by atoms with Gasteiger partial charge in [0.15, 0.2) is 0 Å². The van der Waals surface area contributed by atoms with Crippen LogP contribution in [0.5, 0.6) is 0 Å². The standard InChI is InChI=1S/C17H22N2OS/c1-11(2)13-5-7-14(8-6-13)16(20)18-9-15-10-21-17(19-15)12(3)4/h5-8,10-12H,9H2,1-4H3,(H,18,20). The molecule has 21 heavy (non-hydrogen) atoms. The molecule has 0 aliphatic rings. The van der Waals surface area contributed by atoms with Crippen LogP contribution < -0.4 is 5.32 Å². The van der Waals surface area contributed by atoms with E-state index in [2.05, 4.69) is 38.0 Å². The lowest BCUT2D eigenvalue weighted by molar-refractivity contribution is 0.0950. The van der Waals surface area contributed by atoms with Gasteiger partial charge in [0.25, 0.3) is 5.91 Å². The highest BCUT2D eigenvalue weighted by atomic mass is 32.1. The van der Waals surface area contributed by atoms with Crippen LogP contribution in [0.25, 0.3) is 0 Å². The minimum absolute atomic E-state index is 0.0515. The predicted octanol–water partition coefficient (Wildman–Crippen LogP) is 4.32. The molecular weight excluding hydrogens is 280 g/mol. The molecule has 0 atom stereocenters. The number of aromatic nitrogens is 1. The van der Waals surface area contributed by atoms with Crippen LogP contribution in [0.4, 0.5) is 0 Å². The molecule has 2 rings (SSSR count). The van der Waals surface area contributed by atoms with Crippen LogP contribution in [0, 0.1) is 0 Å². The zero-order chi connectivity index (χ0) is 15.4. The van der Waals surface area contributed by atoms with E-state index >= 15 is 0 Å². The number of nitrogens with one attached hydrogen (secondary N) is 1. The third-order valence-corrected chi connectivity index (χ3v) is 4.53. The van der Waals surface area contributed by atoms with Crippen molar-refractivity contribution in [2.24, 2.45) is 0 Å². The summed E-state index contributed by atoms with van der Waals surface area (Å²) in [6, 6.07) is 7.79. The number of rotatable bonds is 5. The van der Waals surface area contributed by atoms with Gasteiger partial charge in [-0.2, -0.15) is 0 Å². The maximum absolute atomic E-state index is 12.1. The largest absolute Gasteiger partial charge is 0.346 e. The number of hydrogen-bond donors (Lipinski definition) is 1. The summed E-state index contributed by atoms with van der Waals surface area (Å²) in [5, 5.41) is 6.04. The van der Waals surface area contributed by atoms with Gasteiger partial charge in [-0.3, -0.25) is 4.79 Å². The summed E-state index contributed by atoms with van der Waals surface area (Å²) in [6.45, 7) is 9.01. The molecule has 1 aromatic heterocycles. The third kappa shape index (κ3) is 4.14. The number of amides is 1. The van der Waals surface area contributed by atoms with E-state index in [0.29, 0.717) is 23.9 Å². The number of nitrogens with zero attached hydrogens (tertiary/aromatic N) is 1. The summed E-state index contributed by atoms with van der Waals surface area (Å²) < 4.78 is 0. The first-order valence-corrected chi connectivity index (χ1v) is 8.17. The van der Waals surface area contributed by atoms with E-state index in [1.807, 2.05) is 29.6 Å². The van der Waals surface area contributed by atoms with Crippen LogP contribution in [0.2, 0.25) is 0 Å². The molecule has 0 saturated heterocycles. The minimum Gasteiger partial charge on any atom is -0.346 e. The second kappa shape index (κ2) is 6.85. The van der Waals surface area contributed by atoms with Crippen LogP contribution in [0.1, 0.15) is 66.2 Å². The predicted molar refractivity (Wildman–Crippen MR) is 87.9 cm³/mol. The Labute approximate surface area is 130 Å². The SMILES string of the molecule is CC(C)c1ccc(C(=O)NCc2csc(C(C)C)n2)cc1. The molecular formula is C17H22N2OS. The van der Waals surface area contributed by atoms with Gasteiger partial charge in [-0.15, -0.1) is 11.3 Å². The van der Waals surface area contributed by atoms with Crippen molar-refractivity contribution in [2.75, 3.05) is 0 Å². The van der Waals surface area contributed by atoms with Crippen LogP contribution in [0.3, 0.4) is 0 Å². The number of thiazole rings is 1. The molecule has 0 aliphatic carbocycles. The maximum atomic E-state index is 12.1. The Hall–Kier alpha value is -1.68. The summed E-state index contributed by atoms with van der Waals surface area (Å²) in [5.74, 6) is 0.860. The topological polar surface area (TPSA) is 42.0 Å². The van der Waals surface area contributed by atoms with E-state index in [1.54, 1.807) is 11.3 Å². The summed E-state index contributed by atoms with van der Waals surface area (Å²) >= 11 is 1.65. The second-order valence-corrected chi connectivity index (χ2v) is 6.68. The lowest BCUT2D eigenvalue weighted by atomic mass is 10.0. The fourth-order valence-corrected chi connectivity index (χ4v) is 2.80. The number of benzene rings is 1. The fraction of sp³-hybridized carbons (Fsp3) is 0.412. The van der Waals surface area contributed by atoms with Gasteiger partial charge in [0.05, 0.1) is 17.2 Å². The highest BCUT2D eigenvalue weighted by molar-refractivity contribution is 7.09. The summed E-state index contributed by atoms with van der Waals surface area (Å²) in [4.78, 5) is 16.6. The Morgan fingerprint density at radius 1 is 1.14 bits per heavy atom. The van der Waals surface area contributed by atoms with Crippen molar-refractivity contribution in [3.8, 4) is 0 Å². The van der Waals surface area contributed by atoms with Crippen LogP contribution >= 0.6 is 11.3 Å². The first-order chi connectivity index (χ1) is 9.97. The van der Waals surface area contributed by atoms with Gasteiger partial charge < -0.3 is 5.32 Å². The molecule has 0 fully saturated rings. The van der Waals surface area contributed by atoms with Crippen LogP contribution in [-0.2, 0) is 6.54 Å². The zero-order valence-electron chi connectivity index (χ0n) is 13.0. The van der Waals surface area contributed by atoms with Gasteiger partial charge >= 0.3 is 0 Å². The molecule has 0 spiro atoms. The lowest BCUT2D eigenvalue weighted by Crippen LogP contribution is -2.22. The molecule has 1 amide bonds. The number of carbonyl (C=O) groups is 1. The Bertz CT molecular complexity index is 600. The molecule has 0 unspecified atom stereocenters. The molecule has 112 valence electrons. The Balaban J connectivity index is 1.94. The van der Waals surface area contributed by atoms with Gasteiger partial charge in [-0.1, -0.05) is 39.8 Å². The molecule has 4 heteroatoms. The monoisotopic (exact) mass is 302 g/mol. The van der Waals surface area contributed by atoms with Gasteiger partial charge in [0.1, 0.15) is 0 Å². The molecule has 2 aromatic rings. The van der Waals surface area contributed by atoms with Crippen molar-refractivity contribution in [3.05, 3.63) is 51.5 Å². The van der Waals surface area contributed by atoms with Crippen molar-refractivity contribution in [2.45, 2.75) is 46.1 Å². The smallest absolute Gasteiger partial charge is 0.251 e. The van der Waals surface area contributed by atoms with E-state index in [4.69, 9.17) is 0 Å². The number of carbonyl (C=O) groups excluding carboxylic acids is 1. The van der Waals surface area contributed by atoms with E-state index in [-0.39, 0.29) is 5.91 Å². The quantitative estimate of drug-likeness (QED) is 0.893. The molecule has 1 N–H and O–H groups in total. The van der Waals surface area contributed by atoms with E-state index < -0.39 is 0 Å². The third-order valence-electron chi connectivity index (χ3n) is 3.33. The normalized spacial score (nSPS) is 11.1. The van der Waals surface area contributed by atoms with E-state index in [0.717, 1.165) is 10.7 Å². The lowest BCUT2D eigenvalue weighted by Gasteiger charge is -2.07. The van der Waals surface area contributed by atoms with Gasteiger partial charge in [-0.05, 0) is 23.6 Å². The minimum atomic E-state index is -0.0515. The van der Waals surface area contributed by atoms with Gasteiger partial charge in [0.2, 0.25) is 0 Å². The summed E-state index contributed by atoms with van der Waals surface area (Å²) in [6.07, 6.45) is 0. The first-order valence-electron chi connectivity index (χ1n) is 7.30. The summed E-state index contributed by atoms with van der Waals surface area (Å²) in [7, 11) is 0. The molecule has 1 aromatic carbocycles. The zero-order valence-corrected chi connectivity index (χ0v) is 13.8. The van der Waals surface area contributed by atoms with Crippen molar-refractivity contribution in [1.29, 1.82) is 0 Å². The highest BCUT2D eigenvalue weighted by Crippen LogP contribution is 2.19. The Morgan fingerprint density at radius 2 is 1.81 bits per heavy atom. The van der Waals surface area contributed by atoms with Crippen molar-refractivity contribution >= 4 is 17.2 Å². The van der Waals surface area contributed by atoms with Gasteiger partial charge in [-0.25, -0.2) is 4.98 Å². The average molecular weight is 302 g/mol. The first kappa shape index (κ1) is 15.7. The number of hydrogen-bond acceptors (Lipinski definition) is 3. The average Bonchev–Trinajstić information content (AvgIpc) is 2.94. The van der Waals surface area contributed by atoms with E-state index in [1.165, 1.54) is 5.56 Å². The summed E-state index contributed by atoms with van der Waals surface area (Å²) in [5.41, 5.74) is 2.86.